The van der Waals surface area contributed by atoms with Crippen molar-refractivity contribution in [3.05, 3.63) is 11.6 Å². The smallest absolute Gasteiger partial charge is 0.331 e. The summed E-state index contributed by atoms with van der Waals surface area (Å²) in [6.07, 6.45) is 6.93. The van der Waals surface area contributed by atoms with E-state index in [9.17, 15) is 9.59 Å². The van der Waals surface area contributed by atoms with Gasteiger partial charge >= 0.3 is 5.97 Å². The van der Waals surface area contributed by atoms with Crippen LogP contribution < -0.4 is 11.1 Å². The Kier molecular flexibility index (Phi) is 8.12. The Morgan fingerprint density at radius 3 is 2.64 bits per heavy atom. The molecule has 0 saturated carbocycles. The van der Waals surface area contributed by atoms with Gasteiger partial charge in [-0.15, -0.1) is 0 Å². The molecule has 0 heterocycles. The molecule has 4 N–H and O–H groups in total. The van der Waals surface area contributed by atoms with Crippen molar-refractivity contribution in [3.8, 4) is 0 Å². The largest absolute Gasteiger partial charge is 0.478 e. The van der Waals surface area contributed by atoms with Gasteiger partial charge in [-0.05, 0) is 18.9 Å². The van der Waals surface area contributed by atoms with Crippen LogP contribution in [0.4, 0.5) is 0 Å². The predicted octanol–water partition coefficient (Wildman–Crippen LogP) is 1.59. The summed E-state index contributed by atoms with van der Waals surface area (Å²) in [5, 5.41) is 11.9. The summed E-state index contributed by atoms with van der Waals surface area (Å²) in [7, 11) is 0. The number of hydrogen-bond donors (Lipinski definition) is 3. The molecule has 0 bridgehead atoms. The molecule has 3 atom stereocenters. The maximum absolute atomic E-state index is 11.3. The third-order valence-corrected chi connectivity index (χ3v) is 3.84. The predicted molar refractivity (Wildman–Crippen MR) is 84.4 cm³/mol. The number of carboxylic acid groups (broad SMARTS) is 1. The minimum absolute atomic E-state index is 0.191. The fraction of sp³-hybridized carbons (Fsp3) is 0.750. The first-order chi connectivity index (χ1) is 10.5. The number of nitrogens with two attached hydrogens (primary N) is 1. The number of carboxylic acids is 1. The van der Waals surface area contributed by atoms with Crippen molar-refractivity contribution in [2.24, 2.45) is 5.73 Å². The Morgan fingerprint density at radius 1 is 1.36 bits per heavy atom. The Balaban J connectivity index is 2.59. The van der Waals surface area contributed by atoms with E-state index in [1.807, 2.05) is 0 Å². The van der Waals surface area contributed by atoms with Crippen LogP contribution in [0.1, 0.15) is 52.4 Å². The van der Waals surface area contributed by atoms with Crippen molar-refractivity contribution in [3.63, 3.8) is 0 Å². The number of amides is 1. The van der Waals surface area contributed by atoms with Gasteiger partial charge in [0.05, 0.1) is 12.1 Å². The lowest BCUT2D eigenvalue weighted by Crippen LogP contribution is -2.56. The number of rotatable bonds is 9. The molecule has 0 aromatic heterocycles. The van der Waals surface area contributed by atoms with Crippen molar-refractivity contribution in [2.75, 3.05) is 6.61 Å². The summed E-state index contributed by atoms with van der Waals surface area (Å²) < 4.78 is 5.79. The van der Waals surface area contributed by atoms with E-state index in [2.05, 4.69) is 12.2 Å². The van der Waals surface area contributed by atoms with Crippen molar-refractivity contribution < 1.29 is 19.4 Å². The number of nitrogens with one attached hydrogen (secondary N) is 1. The summed E-state index contributed by atoms with van der Waals surface area (Å²) in [4.78, 5) is 22.5. The van der Waals surface area contributed by atoms with Crippen molar-refractivity contribution in [1.82, 2.24) is 5.32 Å². The minimum Gasteiger partial charge on any atom is -0.478 e. The number of ether oxygens (including phenoxy) is 1. The second-order valence-corrected chi connectivity index (χ2v) is 5.84. The quantitative estimate of drug-likeness (QED) is 0.561. The Labute approximate surface area is 132 Å². The zero-order chi connectivity index (χ0) is 16.5. The lowest BCUT2D eigenvalue weighted by molar-refractivity contribution is -0.133. The second-order valence-electron chi connectivity index (χ2n) is 5.84. The topological polar surface area (TPSA) is 102 Å². The highest BCUT2D eigenvalue weighted by molar-refractivity contribution is 5.87. The van der Waals surface area contributed by atoms with Crippen LogP contribution in [0.2, 0.25) is 0 Å². The molecular formula is C16H28N2O4. The highest BCUT2D eigenvalue weighted by Crippen LogP contribution is 2.21. The Morgan fingerprint density at radius 2 is 2.05 bits per heavy atom. The third-order valence-electron chi connectivity index (χ3n) is 3.84. The van der Waals surface area contributed by atoms with E-state index in [0.717, 1.165) is 12.8 Å². The van der Waals surface area contributed by atoms with Crippen LogP contribution in [0.3, 0.4) is 0 Å². The van der Waals surface area contributed by atoms with E-state index in [0.29, 0.717) is 6.61 Å². The van der Waals surface area contributed by atoms with Crippen LogP contribution in [-0.4, -0.2) is 41.8 Å². The van der Waals surface area contributed by atoms with Gasteiger partial charge in [-0.1, -0.05) is 32.6 Å². The van der Waals surface area contributed by atoms with Crippen LogP contribution in [0.15, 0.2) is 11.6 Å². The minimum atomic E-state index is -0.978. The molecule has 126 valence electrons. The fourth-order valence-electron chi connectivity index (χ4n) is 2.65. The van der Waals surface area contributed by atoms with Gasteiger partial charge in [0.25, 0.3) is 0 Å². The average molecular weight is 312 g/mol. The van der Waals surface area contributed by atoms with Crippen molar-refractivity contribution in [1.29, 1.82) is 0 Å². The normalized spacial score (nSPS) is 24.7. The first-order valence-corrected chi connectivity index (χ1v) is 8.04. The Bertz CT molecular complexity index is 409. The van der Waals surface area contributed by atoms with Gasteiger partial charge in [0.1, 0.15) is 0 Å². The molecule has 6 nitrogen and oxygen atoms in total. The molecule has 1 aliphatic carbocycles. The van der Waals surface area contributed by atoms with Gasteiger partial charge in [0.2, 0.25) is 5.91 Å². The molecule has 3 unspecified atom stereocenters. The van der Waals surface area contributed by atoms with E-state index in [1.54, 1.807) is 6.08 Å². The van der Waals surface area contributed by atoms with E-state index in [1.165, 1.54) is 26.2 Å². The Hall–Kier alpha value is -1.40. The molecule has 0 spiro atoms. The van der Waals surface area contributed by atoms with E-state index < -0.39 is 18.1 Å². The van der Waals surface area contributed by atoms with E-state index in [-0.39, 0.29) is 23.9 Å². The zero-order valence-corrected chi connectivity index (χ0v) is 13.5. The number of unbranched alkanes of at least 4 members (excludes halogenated alkanes) is 4. The summed E-state index contributed by atoms with van der Waals surface area (Å²) in [5.74, 6) is -1.17. The summed E-state index contributed by atoms with van der Waals surface area (Å²) >= 11 is 0. The summed E-state index contributed by atoms with van der Waals surface area (Å²) in [5.41, 5.74) is 6.27. The monoisotopic (exact) mass is 312 g/mol. The van der Waals surface area contributed by atoms with Gasteiger partial charge in [-0.25, -0.2) is 4.79 Å². The first kappa shape index (κ1) is 18.6. The maximum Gasteiger partial charge on any atom is 0.331 e. The number of hydrogen-bond acceptors (Lipinski definition) is 4. The van der Waals surface area contributed by atoms with Gasteiger partial charge in [-0.2, -0.15) is 0 Å². The molecule has 0 aromatic rings. The van der Waals surface area contributed by atoms with Gasteiger partial charge < -0.3 is 20.9 Å². The molecule has 1 amide bonds. The van der Waals surface area contributed by atoms with E-state index in [4.69, 9.17) is 15.6 Å². The molecule has 0 saturated heterocycles. The molecule has 0 fully saturated rings. The van der Waals surface area contributed by atoms with Crippen molar-refractivity contribution >= 4 is 11.9 Å². The summed E-state index contributed by atoms with van der Waals surface area (Å²) in [6.45, 7) is 4.13. The molecule has 0 aliphatic heterocycles. The SMILES string of the molecule is CCCCCCCOC1C=C(C(=O)O)CC(N)C1NC(C)=O. The molecule has 0 aromatic carbocycles. The second kappa shape index (κ2) is 9.58. The van der Waals surface area contributed by atoms with Crippen LogP contribution >= 0.6 is 0 Å². The van der Waals surface area contributed by atoms with Crippen LogP contribution in [-0.2, 0) is 14.3 Å². The van der Waals surface area contributed by atoms with Crippen molar-refractivity contribution in [2.45, 2.75) is 70.6 Å². The van der Waals surface area contributed by atoms with Gasteiger partial charge in [0, 0.05) is 25.1 Å². The summed E-state index contributed by atoms with van der Waals surface area (Å²) in [6, 6.07) is -0.832. The average Bonchev–Trinajstić information content (AvgIpc) is 2.45. The van der Waals surface area contributed by atoms with Crippen LogP contribution in [0.25, 0.3) is 0 Å². The highest BCUT2D eigenvalue weighted by Gasteiger charge is 2.34. The van der Waals surface area contributed by atoms with Crippen LogP contribution in [0, 0.1) is 0 Å². The maximum atomic E-state index is 11.3. The van der Waals surface area contributed by atoms with Gasteiger partial charge in [0.15, 0.2) is 0 Å². The molecule has 0 radical (unpaired) electrons. The van der Waals surface area contributed by atoms with E-state index >= 15 is 0 Å². The lowest BCUT2D eigenvalue weighted by Gasteiger charge is -2.34. The number of aliphatic carboxylic acids is 1. The number of carbonyl (C=O) groups is 2. The zero-order valence-electron chi connectivity index (χ0n) is 13.5. The standard InChI is InChI=1S/C16H28N2O4/c1-3-4-5-6-7-8-22-14-10-12(16(20)21)9-13(17)15(14)18-11(2)19/h10,13-15H,3-9,17H2,1-2H3,(H,18,19)(H,20,21). The van der Waals surface area contributed by atoms with Gasteiger partial charge in [-0.3, -0.25) is 4.79 Å². The molecular weight excluding hydrogens is 284 g/mol. The molecule has 1 aliphatic rings. The molecule has 1 rings (SSSR count). The highest BCUT2D eigenvalue weighted by atomic mass is 16.5. The third kappa shape index (κ3) is 6.15. The molecule has 22 heavy (non-hydrogen) atoms. The lowest BCUT2D eigenvalue weighted by atomic mass is 9.88. The first-order valence-electron chi connectivity index (χ1n) is 8.04. The van der Waals surface area contributed by atoms with Crippen LogP contribution in [0.5, 0.6) is 0 Å². The fourth-order valence-corrected chi connectivity index (χ4v) is 2.65. The number of carbonyl (C=O) groups excluding carboxylic acids is 1. The molecule has 6 heteroatoms.